The number of hydrogen-bond donors (Lipinski definition) is 2. The van der Waals surface area contributed by atoms with Crippen molar-refractivity contribution < 1.29 is 19.1 Å². The number of hydrogen-bond acceptors (Lipinski definition) is 4. The van der Waals surface area contributed by atoms with Gasteiger partial charge in [0.15, 0.2) is 11.5 Å². The summed E-state index contributed by atoms with van der Waals surface area (Å²) in [6, 6.07) is 8.09. The highest BCUT2D eigenvalue weighted by Crippen LogP contribution is 2.19. The van der Waals surface area contributed by atoms with E-state index in [4.69, 9.17) is 4.42 Å². The molecule has 2 N–H and O–H groups in total. The fraction of sp³-hybridized carbons (Fsp3) is 0.615. The zero-order valence-electron chi connectivity index (χ0n) is 19.2. The molecule has 0 bridgehead atoms. The maximum absolute atomic E-state index is 12.6. The third-order valence-corrected chi connectivity index (χ3v) is 5.79. The first kappa shape index (κ1) is 25.1. The number of Topliss-reactive ketones (excluding diaryl/α,β-unsaturated/α-hetero) is 1. The number of carbonyl (C=O) groups excluding carboxylic acids is 2. The molecule has 0 aliphatic heterocycles. The van der Waals surface area contributed by atoms with E-state index in [-0.39, 0.29) is 11.5 Å². The Morgan fingerprint density at radius 2 is 1.52 bits per heavy atom. The van der Waals surface area contributed by atoms with Crippen molar-refractivity contribution in [2.45, 2.75) is 103 Å². The maximum Gasteiger partial charge on any atom is 0.287 e. The quantitative estimate of drug-likeness (QED) is 0.312. The highest BCUT2D eigenvalue weighted by Gasteiger charge is 2.26. The molecule has 2 rings (SSSR count). The van der Waals surface area contributed by atoms with Gasteiger partial charge < -0.3 is 14.8 Å². The Hall–Kier alpha value is -2.14. The molecule has 31 heavy (non-hydrogen) atoms. The van der Waals surface area contributed by atoms with Crippen molar-refractivity contribution >= 4 is 22.7 Å². The average Bonchev–Trinajstić information content (AvgIpc) is 3.19. The van der Waals surface area contributed by atoms with Crippen molar-refractivity contribution in [1.82, 2.24) is 5.32 Å². The van der Waals surface area contributed by atoms with E-state index in [2.05, 4.69) is 12.2 Å². The Kier molecular flexibility index (Phi) is 11.4. The van der Waals surface area contributed by atoms with Crippen LogP contribution in [0.5, 0.6) is 0 Å². The number of ketones is 1. The Bertz CT molecular complexity index is 763. The average molecular weight is 430 g/mol. The third kappa shape index (κ3) is 8.86. The third-order valence-electron chi connectivity index (χ3n) is 5.79. The van der Waals surface area contributed by atoms with Gasteiger partial charge >= 0.3 is 0 Å². The van der Waals surface area contributed by atoms with Gasteiger partial charge in [0.1, 0.15) is 11.6 Å². The molecule has 5 nitrogen and oxygen atoms in total. The number of para-hydroxylation sites is 1. The van der Waals surface area contributed by atoms with Crippen LogP contribution in [0.1, 0.15) is 101 Å². The van der Waals surface area contributed by atoms with Crippen LogP contribution in [0.2, 0.25) is 0 Å². The predicted molar refractivity (Wildman–Crippen MR) is 125 cm³/mol. The van der Waals surface area contributed by atoms with Crippen LogP contribution < -0.4 is 5.32 Å². The number of carbonyl (C=O) groups is 2. The van der Waals surface area contributed by atoms with Gasteiger partial charge in [-0.15, -0.1) is 0 Å². The number of aliphatic hydroxyl groups is 1. The minimum absolute atomic E-state index is 0.129. The molecule has 2 aromatic rings. The molecule has 1 heterocycles. The minimum Gasteiger partial charge on any atom is -0.451 e. The SMILES string of the molecule is CCCCCCCCCCCCCC(=O)[C@@H](NC(=O)c1cc2ccccc2o1)[C@@H](C)O. The summed E-state index contributed by atoms with van der Waals surface area (Å²) in [5, 5.41) is 13.5. The summed E-state index contributed by atoms with van der Waals surface area (Å²) in [5.41, 5.74) is 0.619. The normalized spacial score (nSPS) is 13.3. The topological polar surface area (TPSA) is 79.5 Å². The summed E-state index contributed by atoms with van der Waals surface area (Å²) in [7, 11) is 0. The fourth-order valence-corrected chi connectivity index (χ4v) is 3.90. The van der Waals surface area contributed by atoms with Crippen LogP contribution >= 0.6 is 0 Å². The lowest BCUT2D eigenvalue weighted by atomic mass is 10.0. The Balaban J connectivity index is 1.66. The Labute approximate surface area is 186 Å². The predicted octanol–water partition coefficient (Wildman–Crippen LogP) is 6.18. The molecule has 0 saturated heterocycles. The molecule has 5 heteroatoms. The van der Waals surface area contributed by atoms with E-state index in [0.29, 0.717) is 12.0 Å². The van der Waals surface area contributed by atoms with Gasteiger partial charge in [0.2, 0.25) is 0 Å². The summed E-state index contributed by atoms with van der Waals surface area (Å²) < 4.78 is 5.56. The fourth-order valence-electron chi connectivity index (χ4n) is 3.90. The van der Waals surface area contributed by atoms with E-state index in [9.17, 15) is 14.7 Å². The van der Waals surface area contributed by atoms with Gasteiger partial charge in [-0.2, -0.15) is 0 Å². The minimum atomic E-state index is -0.950. The highest BCUT2D eigenvalue weighted by molar-refractivity contribution is 5.99. The molecule has 0 saturated carbocycles. The molecular weight excluding hydrogens is 390 g/mol. The van der Waals surface area contributed by atoms with Crippen LogP contribution in [0, 0.1) is 0 Å². The molecule has 2 atom stereocenters. The molecular formula is C26H39NO4. The van der Waals surface area contributed by atoms with E-state index >= 15 is 0 Å². The maximum atomic E-state index is 12.6. The van der Waals surface area contributed by atoms with Crippen LogP contribution in [0.3, 0.4) is 0 Å². The van der Waals surface area contributed by atoms with E-state index in [1.54, 1.807) is 12.1 Å². The van der Waals surface area contributed by atoms with Crippen molar-refractivity contribution in [2.75, 3.05) is 0 Å². The molecule has 0 aliphatic rings. The van der Waals surface area contributed by atoms with Crippen LogP contribution in [-0.2, 0) is 4.79 Å². The van der Waals surface area contributed by atoms with E-state index < -0.39 is 18.1 Å². The lowest BCUT2D eigenvalue weighted by molar-refractivity contribution is -0.123. The van der Waals surface area contributed by atoms with Crippen LogP contribution in [-0.4, -0.2) is 28.9 Å². The first-order valence-corrected chi connectivity index (χ1v) is 12.0. The molecule has 172 valence electrons. The van der Waals surface area contributed by atoms with Crippen LogP contribution in [0.25, 0.3) is 11.0 Å². The van der Waals surface area contributed by atoms with Gasteiger partial charge in [-0.1, -0.05) is 89.3 Å². The molecule has 1 aromatic carbocycles. The smallest absolute Gasteiger partial charge is 0.287 e. The van der Waals surface area contributed by atoms with E-state index in [1.807, 2.05) is 18.2 Å². The summed E-state index contributed by atoms with van der Waals surface area (Å²) in [6.45, 7) is 3.77. The monoisotopic (exact) mass is 429 g/mol. The lowest BCUT2D eigenvalue weighted by Gasteiger charge is -2.19. The molecule has 0 spiro atoms. The number of aliphatic hydroxyl groups excluding tert-OH is 1. The van der Waals surface area contributed by atoms with Crippen molar-refractivity contribution in [3.05, 3.63) is 36.1 Å². The summed E-state index contributed by atoms with van der Waals surface area (Å²) in [5.74, 6) is -0.459. The number of benzene rings is 1. The molecule has 0 fully saturated rings. The van der Waals surface area contributed by atoms with Gasteiger partial charge in [0, 0.05) is 11.8 Å². The van der Waals surface area contributed by atoms with E-state index in [1.165, 1.54) is 58.3 Å². The zero-order valence-corrected chi connectivity index (χ0v) is 19.2. The zero-order chi connectivity index (χ0) is 22.5. The second-order valence-electron chi connectivity index (χ2n) is 8.59. The molecule has 0 aliphatic carbocycles. The largest absolute Gasteiger partial charge is 0.451 e. The van der Waals surface area contributed by atoms with Crippen molar-refractivity contribution in [3.8, 4) is 0 Å². The first-order valence-electron chi connectivity index (χ1n) is 12.0. The first-order chi connectivity index (χ1) is 15.0. The van der Waals surface area contributed by atoms with Crippen molar-refractivity contribution in [2.24, 2.45) is 0 Å². The number of fused-ring (bicyclic) bond motifs is 1. The van der Waals surface area contributed by atoms with Gasteiger partial charge in [0.25, 0.3) is 5.91 Å². The number of nitrogens with one attached hydrogen (secondary N) is 1. The number of furan rings is 1. The van der Waals surface area contributed by atoms with Crippen LogP contribution in [0.15, 0.2) is 34.7 Å². The Morgan fingerprint density at radius 3 is 2.10 bits per heavy atom. The number of unbranched alkanes of at least 4 members (excludes halogenated alkanes) is 10. The summed E-state index contributed by atoms with van der Waals surface area (Å²) in [6.07, 6.45) is 12.8. The molecule has 0 radical (unpaired) electrons. The number of rotatable bonds is 16. The summed E-state index contributed by atoms with van der Waals surface area (Å²) >= 11 is 0. The molecule has 1 aromatic heterocycles. The van der Waals surface area contributed by atoms with Gasteiger partial charge in [0.05, 0.1) is 6.10 Å². The van der Waals surface area contributed by atoms with Gasteiger partial charge in [-0.05, 0) is 25.5 Å². The second kappa shape index (κ2) is 14.0. The standard InChI is InChI=1S/C26H39NO4/c1-3-4-5-6-7-8-9-10-11-12-13-17-22(29)25(20(2)28)27-26(30)24-19-21-16-14-15-18-23(21)31-24/h14-16,18-20,25,28H,3-13,17H2,1-2H3,(H,27,30)/t20-,25+/m1/s1. The van der Waals surface area contributed by atoms with Gasteiger partial charge in [-0.25, -0.2) is 0 Å². The highest BCUT2D eigenvalue weighted by atomic mass is 16.3. The molecule has 1 amide bonds. The van der Waals surface area contributed by atoms with E-state index in [0.717, 1.165) is 24.6 Å². The molecule has 0 unspecified atom stereocenters. The van der Waals surface area contributed by atoms with Crippen molar-refractivity contribution in [3.63, 3.8) is 0 Å². The second-order valence-corrected chi connectivity index (χ2v) is 8.59. The van der Waals surface area contributed by atoms with Crippen molar-refractivity contribution in [1.29, 1.82) is 0 Å². The van der Waals surface area contributed by atoms with Crippen LogP contribution in [0.4, 0.5) is 0 Å². The van der Waals surface area contributed by atoms with Gasteiger partial charge in [-0.3, -0.25) is 9.59 Å². The lowest BCUT2D eigenvalue weighted by Crippen LogP contribution is -2.47. The number of amides is 1. The Morgan fingerprint density at radius 1 is 0.935 bits per heavy atom. The summed E-state index contributed by atoms with van der Waals surface area (Å²) in [4.78, 5) is 25.1.